The van der Waals surface area contributed by atoms with Crippen molar-refractivity contribution in [3.63, 3.8) is 0 Å². The fourth-order valence-corrected chi connectivity index (χ4v) is 6.93. The van der Waals surface area contributed by atoms with Crippen LogP contribution in [0.5, 0.6) is 0 Å². The van der Waals surface area contributed by atoms with E-state index in [1.54, 1.807) is 12.1 Å². The smallest absolute Gasteiger partial charge is 0.161 e. The summed E-state index contributed by atoms with van der Waals surface area (Å²) in [5.74, 6) is 2.61. The summed E-state index contributed by atoms with van der Waals surface area (Å²) >= 11 is 0. The third kappa shape index (κ3) is 5.52. The lowest BCUT2D eigenvalue weighted by Gasteiger charge is -2.39. The highest BCUT2D eigenvalue weighted by Crippen LogP contribution is 2.46. The van der Waals surface area contributed by atoms with Crippen LogP contribution in [0.25, 0.3) is 11.9 Å². The highest BCUT2D eigenvalue weighted by molar-refractivity contribution is 5.54. The van der Waals surface area contributed by atoms with Gasteiger partial charge < -0.3 is 0 Å². The largest absolute Gasteiger partial charge is 0.239 e. The first kappa shape index (κ1) is 24.4. The molecular weight excluding hydrogens is 410 g/mol. The molecule has 0 aliphatic heterocycles. The van der Waals surface area contributed by atoms with Crippen molar-refractivity contribution in [2.75, 3.05) is 0 Å². The SMILES string of the molecule is C=CC1CCC(C2CCC(CCC3(CC/C=C/C)C=c4ccccc4=C(F)C3F)CC2)CC1. The Labute approximate surface area is 199 Å². The van der Waals surface area contributed by atoms with Crippen molar-refractivity contribution in [1.29, 1.82) is 0 Å². The summed E-state index contributed by atoms with van der Waals surface area (Å²) in [6.45, 7) is 5.98. The van der Waals surface area contributed by atoms with E-state index in [0.717, 1.165) is 42.2 Å². The van der Waals surface area contributed by atoms with Crippen molar-refractivity contribution in [2.45, 2.75) is 90.1 Å². The molecule has 0 amide bonds. The molecule has 1 aromatic rings. The fraction of sp³-hybridized carbons (Fsp3) is 0.613. The van der Waals surface area contributed by atoms with Gasteiger partial charge >= 0.3 is 0 Å². The van der Waals surface area contributed by atoms with Gasteiger partial charge in [-0.15, -0.1) is 6.58 Å². The molecule has 33 heavy (non-hydrogen) atoms. The lowest BCUT2D eigenvalue weighted by Crippen LogP contribution is -2.43. The van der Waals surface area contributed by atoms with Crippen molar-refractivity contribution in [3.8, 4) is 0 Å². The van der Waals surface area contributed by atoms with Crippen molar-refractivity contribution in [3.05, 3.63) is 59.5 Å². The molecule has 2 unspecified atom stereocenters. The van der Waals surface area contributed by atoms with Gasteiger partial charge in [-0.05, 0) is 100 Å². The highest BCUT2D eigenvalue weighted by atomic mass is 19.2. The van der Waals surface area contributed by atoms with Gasteiger partial charge in [-0.1, -0.05) is 61.4 Å². The molecule has 0 nitrogen and oxygen atoms in total. The van der Waals surface area contributed by atoms with Crippen LogP contribution in [0.2, 0.25) is 0 Å². The van der Waals surface area contributed by atoms with Gasteiger partial charge in [0.25, 0.3) is 0 Å². The van der Waals surface area contributed by atoms with E-state index in [9.17, 15) is 0 Å². The molecule has 3 aliphatic rings. The minimum Gasteiger partial charge on any atom is -0.239 e. The zero-order valence-corrected chi connectivity index (χ0v) is 20.5. The van der Waals surface area contributed by atoms with Gasteiger partial charge in [0.05, 0.1) is 0 Å². The minimum atomic E-state index is -1.53. The van der Waals surface area contributed by atoms with Crippen LogP contribution in [-0.2, 0) is 0 Å². The molecule has 0 bridgehead atoms. The molecular formula is C31H42F2. The van der Waals surface area contributed by atoms with E-state index in [4.69, 9.17) is 0 Å². The van der Waals surface area contributed by atoms with Crippen LogP contribution in [-0.4, -0.2) is 6.17 Å². The van der Waals surface area contributed by atoms with Gasteiger partial charge in [-0.2, -0.15) is 0 Å². The van der Waals surface area contributed by atoms with Crippen molar-refractivity contribution >= 4 is 11.9 Å². The van der Waals surface area contributed by atoms with Crippen LogP contribution in [0.4, 0.5) is 8.78 Å². The maximum Gasteiger partial charge on any atom is 0.161 e. The second-order valence-corrected chi connectivity index (χ2v) is 11.0. The third-order valence-electron chi connectivity index (χ3n) is 9.13. The lowest BCUT2D eigenvalue weighted by molar-refractivity contribution is 0.132. The first-order valence-electron chi connectivity index (χ1n) is 13.4. The van der Waals surface area contributed by atoms with Gasteiger partial charge in [0, 0.05) is 10.6 Å². The molecule has 0 aromatic heterocycles. The molecule has 2 saturated carbocycles. The van der Waals surface area contributed by atoms with Crippen LogP contribution < -0.4 is 10.4 Å². The van der Waals surface area contributed by atoms with E-state index in [-0.39, 0.29) is 0 Å². The number of fused-ring (bicyclic) bond motifs is 1. The topological polar surface area (TPSA) is 0 Å². The number of allylic oxidation sites excluding steroid dienone is 3. The van der Waals surface area contributed by atoms with Crippen LogP contribution in [0.15, 0.2) is 49.1 Å². The van der Waals surface area contributed by atoms with Gasteiger partial charge in [0.2, 0.25) is 0 Å². The summed E-state index contributed by atoms with van der Waals surface area (Å²) in [5, 5.41) is 1.31. The Hall–Kier alpha value is -1.70. The summed E-state index contributed by atoms with van der Waals surface area (Å²) in [7, 11) is 0. The van der Waals surface area contributed by atoms with Crippen LogP contribution in [0.1, 0.15) is 84.0 Å². The minimum absolute atomic E-state index is 0.443. The van der Waals surface area contributed by atoms with Crippen LogP contribution in [0, 0.1) is 29.1 Å². The van der Waals surface area contributed by atoms with E-state index in [1.807, 2.05) is 25.1 Å². The summed E-state index contributed by atoms with van der Waals surface area (Å²) in [6, 6.07) is 7.39. The number of halogens is 2. The zero-order valence-electron chi connectivity index (χ0n) is 20.5. The second-order valence-electron chi connectivity index (χ2n) is 11.0. The van der Waals surface area contributed by atoms with E-state index in [0.29, 0.717) is 17.6 Å². The molecule has 3 aliphatic carbocycles. The quantitative estimate of drug-likeness (QED) is 0.353. The van der Waals surface area contributed by atoms with Crippen molar-refractivity contribution < 1.29 is 8.78 Å². The Morgan fingerprint density at radius 2 is 1.64 bits per heavy atom. The molecule has 180 valence electrons. The lowest BCUT2D eigenvalue weighted by atomic mass is 9.66. The number of benzene rings is 1. The van der Waals surface area contributed by atoms with Gasteiger partial charge in [-0.25, -0.2) is 8.78 Å². The average Bonchev–Trinajstić information content (AvgIpc) is 2.86. The standard InChI is InChI=1S/C31H42F2/c1-3-5-8-20-31(22-27-9-6-7-10-28(27)29(32)30(31)33)21-19-24-13-17-26(18-14-24)25-15-11-23(4-2)12-16-25/h3-7,9-10,22-26,30H,2,8,11-21H2,1H3/b5-3+. The summed E-state index contributed by atoms with van der Waals surface area (Å²) in [4.78, 5) is 0. The molecule has 0 radical (unpaired) electrons. The van der Waals surface area contributed by atoms with E-state index in [1.165, 1.54) is 51.4 Å². The molecule has 0 spiro atoms. The Balaban J connectivity index is 1.40. The zero-order chi connectivity index (χ0) is 23.3. The Morgan fingerprint density at radius 1 is 0.970 bits per heavy atom. The van der Waals surface area contributed by atoms with Gasteiger partial charge in [0.15, 0.2) is 6.17 Å². The van der Waals surface area contributed by atoms with Crippen molar-refractivity contribution in [1.82, 2.24) is 0 Å². The first-order chi connectivity index (χ1) is 16.1. The predicted octanol–water partition coefficient (Wildman–Crippen LogP) is 7.82. The molecule has 2 atom stereocenters. The first-order valence-corrected chi connectivity index (χ1v) is 13.4. The Morgan fingerprint density at radius 3 is 2.30 bits per heavy atom. The van der Waals surface area contributed by atoms with E-state index >= 15 is 8.78 Å². The number of alkyl halides is 1. The number of hydrogen-bond acceptors (Lipinski definition) is 0. The van der Waals surface area contributed by atoms with Crippen LogP contribution >= 0.6 is 0 Å². The molecule has 2 heteroatoms. The Bertz CT molecular complexity index is 928. The predicted molar refractivity (Wildman–Crippen MR) is 136 cm³/mol. The highest BCUT2D eigenvalue weighted by Gasteiger charge is 2.42. The molecule has 1 aromatic carbocycles. The van der Waals surface area contributed by atoms with Gasteiger partial charge in [0.1, 0.15) is 5.83 Å². The van der Waals surface area contributed by atoms with Crippen LogP contribution in [0.3, 0.4) is 0 Å². The second kappa shape index (κ2) is 11.2. The normalized spacial score (nSPS) is 34.6. The molecule has 2 fully saturated rings. The number of hydrogen-bond donors (Lipinski definition) is 0. The maximum atomic E-state index is 15.6. The fourth-order valence-electron chi connectivity index (χ4n) is 6.93. The monoisotopic (exact) mass is 452 g/mol. The van der Waals surface area contributed by atoms with E-state index in [2.05, 4.69) is 24.8 Å². The van der Waals surface area contributed by atoms with Gasteiger partial charge in [-0.3, -0.25) is 0 Å². The molecule has 0 saturated heterocycles. The van der Waals surface area contributed by atoms with Crippen molar-refractivity contribution in [2.24, 2.45) is 29.1 Å². The summed E-state index contributed by atoms with van der Waals surface area (Å²) in [5.41, 5.74) is -0.724. The molecule has 0 heterocycles. The van der Waals surface area contributed by atoms with E-state index < -0.39 is 17.4 Å². The average molecular weight is 453 g/mol. The molecule has 0 N–H and O–H groups in total. The third-order valence-corrected chi connectivity index (χ3v) is 9.13. The molecule has 4 rings (SSSR count). The maximum absolute atomic E-state index is 15.6. The summed E-state index contributed by atoms with van der Waals surface area (Å²) in [6.07, 6.45) is 20.6. The Kier molecular flexibility index (Phi) is 8.25. The summed E-state index contributed by atoms with van der Waals surface area (Å²) < 4.78 is 30.8. The number of rotatable bonds is 8.